The predicted octanol–water partition coefficient (Wildman–Crippen LogP) is 4.69. The van der Waals surface area contributed by atoms with Gasteiger partial charge in [-0.3, -0.25) is 0 Å². The van der Waals surface area contributed by atoms with E-state index in [-0.39, 0.29) is 5.56 Å². The molecule has 0 saturated heterocycles. The molecule has 0 bridgehead atoms. The molecule has 0 unspecified atom stereocenters. The number of aromatic nitrogens is 1. The maximum absolute atomic E-state index is 12.9. The summed E-state index contributed by atoms with van der Waals surface area (Å²) in [6, 6.07) is 3.67. The first-order valence-corrected chi connectivity index (χ1v) is 7.29. The van der Waals surface area contributed by atoms with Gasteiger partial charge in [0.25, 0.3) is 0 Å². The number of halogens is 4. The fraction of sp³-hybridized carbons (Fsp3) is 0.429. The van der Waals surface area contributed by atoms with Crippen LogP contribution in [0.5, 0.6) is 0 Å². The van der Waals surface area contributed by atoms with Crippen LogP contribution in [0.4, 0.5) is 13.2 Å². The molecule has 1 fully saturated rings. The van der Waals surface area contributed by atoms with E-state index in [0.717, 1.165) is 29.3 Å². The van der Waals surface area contributed by atoms with Gasteiger partial charge in [0, 0.05) is 33.2 Å². The minimum Gasteiger partial charge on any atom is -0.344 e. The van der Waals surface area contributed by atoms with Crippen LogP contribution in [0.15, 0.2) is 28.9 Å². The van der Waals surface area contributed by atoms with Crippen molar-refractivity contribution in [3.8, 4) is 0 Å². The highest BCUT2D eigenvalue weighted by molar-refractivity contribution is 9.10. The third-order valence-corrected chi connectivity index (χ3v) is 4.48. The first-order chi connectivity index (χ1) is 9.38. The van der Waals surface area contributed by atoms with E-state index in [1.165, 1.54) is 0 Å². The largest absolute Gasteiger partial charge is 0.407 e. The highest BCUT2D eigenvalue weighted by Crippen LogP contribution is 2.40. The lowest BCUT2D eigenvalue weighted by atomic mass is 9.93. The normalized spacial score (nSPS) is 18.2. The van der Waals surface area contributed by atoms with Gasteiger partial charge in [-0.15, -0.1) is 0 Å². The SMILES string of the molecule is N[C@@H](c1cn(C2CCC2)c2cc(Br)ccc12)C(F)(F)F. The molecule has 2 nitrogen and oxygen atoms in total. The van der Waals surface area contributed by atoms with Gasteiger partial charge in [0.2, 0.25) is 0 Å². The zero-order chi connectivity index (χ0) is 14.5. The van der Waals surface area contributed by atoms with Crippen LogP contribution in [0.1, 0.15) is 36.9 Å². The van der Waals surface area contributed by atoms with E-state index < -0.39 is 12.2 Å². The molecule has 1 atom stereocenters. The molecular formula is C14H14BrF3N2. The molecule has 0 radical (unpaired) electrons. The molecule has 1 aromatic carbocycles. The zero-order valence-electron chi connectivity index (χ0n) is 10.6. The number of benzene rings is 1. The molecular weight excluding hydrogens is 333 g/mol. The number of fused-ring (bicyclic) bond motifs is 1. The standard InChI is InChI=1S/C14H14BrF3N2/c15-8-4-5-10-11(13(19)14(16,17)18)7-20(12(10)6-8)9-2-1-3-9/h4-7,9,13H,1-3,19H2/t13-/m0/s1. The molecule has 1 aliphatic rings. The highest BCUT2D eigenvalue weighted by Gasteiger charge is 2.40. The molecule has 0 aliphatic heterocycles. The second-order valence-corrected chi connectivity index (χ2v) is 6.17. The topological polar surface area (TPSA) is 30.9 Å². The molecule has 1 saturated carbocycles. The maximum atomic E-state index is 12.9. The molecule has 0 amide bonds. The van der Waals surface area contributed by atoms with E-state index in [0.29, 0.717) is 11.4 Å². The molecule has 3 rings (SSSR count). The van der Waals surface area contributed by atoms with Gasteiger partial charge >= 0.3 is 6.18 Å². The summed E-state index contributed by atoms with van der Waals surface area (Å²) < 4.78 is 41.5. The van der Waals surface area contributed by atoms with Gasteiger partial charge in [0.05, 0.1) is 0 Å². The molecule has 2 N–H and O–H groups in total. The Morgan fingerprint density at radius 3 is 2.55 bits per heavy atom. The van der Waals surface area contributed by atoms with Crippen molar-refractivity contribution in [3.05, 3.63) is 34.4 Å². The quantitative estimate of drug-likeness (QED) is 0.839. The van der Waals surface area contributed by atoms with E-state index in [1.807, 2.05) is 10.6 Å². The van der Waals surface area contributed by atoms with Crippen molar-refractivity contribution in [3.63, 3.8) is 0 Å². The Kier molecular flexibility index (Phi) is 3.33. The third-order valence-electron chi connectivity index (χ3n) is 3.98. The molecule has 1 aromatic heterocycles. The zero-order valence-corrected chi connectivity index (χ0v) is 12.2. The summed E-state index contributed by atoms with van der Waals surface area (Å²) in [6.07, 6.45) is 0.303. The number of rotatable bonds is 2. The van der Waals surface area contributed by atoms with Crippen LogP contribution in [-0.4, -0.2) is 10.7 Å². The molecule has 20 heavy (non-hydrogen) atoms. The van der Waals surface area contributed by atoms with Crippen molar-refractivity contribution in [2.45, 2.75) is 37.5 Å². The second-order valence-electron chi connectivity index (χ2n) is 5.26. The predicted molar refractivity (Wildman–Crippen MR) is 75.5 cm³/mol. The van der Waals surface area contributed by atoms with Gasteiger partial charge in [-0.2, -0.15) is 13.2 Å². The molecule has 0 spiro atoms. The van der Waals surface area contributed by atoms with E-state index in [9.17, 15) is 13.2 Å². The minimum atomic E-state index is -4.42. The number of nitrogens with zero attached hydrogens (tertiary/aromatic N) is 1. The second kappa shape index (κ2) is 4.77. The van der Waals surface area contributed by atoms with Gasteiger partial charge in [0.1, 0.15) is 6.04 Å². The van der Waals surface area contributed by atoms with Crippen LogP contribution in [-0.2, 0) is 0 Å². The number of alkyl halides is 3. The summed E-state index contributed by atoms with van der Waals surface area (Å²) in [7, 11) is 0. The van der Waals surface area contributed by atoms with Crippen LogP contribution in [0.2, 0.25) is 0 Å². The molecule has 108 valence electrons. The maximum Gasteiger partial charge on any atom is 0.407 e. The Bertz CT molecular complexity index is 644. The average molecular weight is 347 g/mol. The highest BCUT2D eigenvalue weighted by atomic mass is 79.9. The summed E-state index contributed by atoms with van der Waals surface area (Å²) in [5.41, 5.74) is 6.38. The van der Waals surface area contributed by atoms with E-state index in [4.69, 9.17) is 5.73 Å². The molecule has 2 aromatic rings. The first-order valence-electron chi connectivity index (χ1n) is 6.50. The summed E-state index contributed by atoms with van der Waals surface area (Å²) >= 11 is 3.37. The molecule has 6 heteroatoms. The van der Waals surface area contributed by atoms with Crippen molar-refractivity contribution in [1.29, 1.82) is 0 Å². The number of hydrogen-bond donors (Lipinski definition) is 1. The fourth-order valence-corrected chi connectivity index (χ4v) is 2.99. The lowest BCUT2D eigenvalue weighted by molar-refractivity contribution is -0.148. The van der Waals surface area contributed by atoms with E-state index in [2.05, 4.69) is 15.9 Å². The van der Waals surface area contributed by atoms with Crippen LogP contribution in [0.25, 0.3) is 10.9 Å². The van der Waals surface area contributed by atoms with Crippen LogP contribution < -0.4 is 5.73 Å². The lowest BCUT2D eigenvalue weighted by Crippen LogP contribution is -2.28. The average Bonchev–Trinajstić information content (AvgIpc) is 2.64. The summed E-state index contributed by atoms with van der Waals surface area (Å²) in [6.45, 7) is 0. The van der Waals surface area contributed by atoms with Gasteiger partial charge < -0.3 is 10.3 Å². The van der Waals surface area contributed by atoms with Gasteiger partial charge in [-0.25, -0.2) is 0 Å². The summed E-state index contributed by atoms with van der Waals surface area (Å²) in [4.78, 5) is 0. The molecule has 1 heterocycles. The fourth-order valence-electron chi connectivity index (χ4n) is 2.64. The van der Waals surface area contributed by atoms with Crippen molar-refractivity contribution in [2.24, 2.45) is 5.73 Å². The van der Waals surface area contributed by atoms with Crippen molar-refractivity contribution in [2.75, 3.05) is 0 Å². The van der Waals surface area contributed by atoms with Crippen LogP contribution in [0.3, 0.4) is 0 Å². The van der Waals surface area contributed by atoms with Gasteiger partial charge in [0.15, 0.2) is 0 Å². The van der Waals surface area contributed by atoms with Crippen LogP contribution >= 0.6 is 15.9 Å². The number of hydrogen-bond acceptors (Lipinski definition) is 1. The monoisotopic (exact) mass is 346 g/mol. The Balaban J connectivity index is 2.17. The van der Waals surface area contributed by atoms with Crippen molar-refractivity contribution < 1.29 is 13.2 Å². The Morgan fingerprint density at radius 2 is 2.00 bits per heavy atom. The smallest absolute Gasteiger partial charge is 0.344 e. The lowest BCUT2D eigenvalue weighted by Gasteiger charge is -2.28. The summed E-state index contributed by atoms with van der Waals surface area (Å²) in [5.74, 6) is 0. The Hall–Kier alpha value is -1.01. The van der Waals surface area contributed by atoms with Gasteiger partial charge in [-0.05, 0) is 31.4 Å². The minimum absolute atomic E-state index is 0.159. The van der Waals surface area contributed by atoms with Gasteiger partial charge in [-0.1, -0.05) is 22.0 Å². The van der Waals surface area contributed by atoms with Crippen LogP contribution in [0, 0.1) is 0 Å². The molecule has 1 aliphatic carbocycles. The van der Waals surface area contributed by atoms with Crippen molar-refractivity contribution >= 4 is 26.8 Å². The van der Waals surface area contributed by atoms with E-state index in [1.54, 1.807) is 18.3 Å². The van der Waals surface area contributed by atoms with Crippen molar-refractivity contribution in [1.82, 2.24) is 4.57 Å². The number of nitrogens with two attached hydrogens (primary N) is 1. The Morgan fingerprint density at radius 1 is 1.30 bits per heavy atom. The summed E-state index contributed by atoms with van der Waals surface area (Å²) in [5, 5.41) is 0.588. The third kappa shape index (κ3) is 2.24. The Labute approximate surface area is 122 Å². The van der Waals surface area contributed by atoms with E-state index >= 15 is 0 Å². The first kappa shape index (κ1) is 13.9.